The third-order valence-corrected chi connectivity index (χ3v) is 17.7. The quantitative estimate of drug-likeness (QED) is 0.0670. The molecule has 36 heteroatoms. The SMILES string of the molecule is CO.N#CC1CC(F)(F)CN1C(=O)CN.N#CC1CC(F)(F)CN1C(=O)CNC(=O)c1ccnc2ccc(OCC3CCNCC3)cc12.N#CC1CC(F)(F)CN1C(=O)CNC(=O)c1ccnc2ccc(OCN3CCNCC3)cc12.N#CC1CC(F)(F)CN1C(=O)CNC(=O)c1ccnc2ccccc12. The topological polar surface area (TPSA) is 394 Å². The molecular formula is C70H76F8N18O10. The van der Waals surface area contributed by atoms with Gasteiger partial charge in [0.15, 0.2) is 0 Å². The Morgan fingerprint density at radius 3 is 1.24 bits per heavy atom. The normalized spacial score (nSPS) is 20.3. The van der Waals surface area contributed by atoms with E-state index in [0.29, 0.717) is 74.6 Å². The Labute approximate surface area is 602 Å². The van der Waals surface area contributed by atoms with E-state index in [2.05, 4.69) is 46.4 Å². The molecule has 0 bridgehead atoms. The Hall–Kier alpha value is -11.0. The number of nitrogens with two attached hydrogens (primary N) is 1. The van der Waals surface area contributed by atoms with Gasteiger partial charge in [0.25, 0.3) is 41.4 Å². The lowest BCUT2D eigenvalue weighted by Crippen LogP contribution is -2.44. The van der Waals surface area contributed by atoms with E-state index >= 15 is 0 Å². The van der Waals surface area contributed by atoms with Crippen LogP contribution in [0.3, 0.4) is 0 Å². The van der Waals surface area contributed by atoms with Gasteiger partial charge >= 0.3 is 0 Å². The van der Waals surface area contributed by atoms with Crippen molar-refractivity contribution in [2.45, 2.75) is 86.4 Å². The van der Waals surface area contributed by atoms with E-state index in [-0.39, 0.29) is 12.1 Å². The number of benzene rings is 3. The van der Waals surface area contributed by atoms with Gasteiger partial charge in [0, 0.05) is 93.7 Å². The van der Waals surface area contributed by atoms with Gasteiger partial charge in [-0.15, -0.1) is 0 Å². The zero-order chi connectivity index (χ0) is 76.9. The highest BCUT2D eigenvalue weighted by atomic mass is 19.3. The van der Waals surface area contributed by atoms with Crippen molar-refractivity contribution in [1.82, 2.24) is 66.0 Å². The summed E-state index contributed by atoms with van der Waals surface area (Å²) >= 11 is 0. The monoisotopic (exact) mass is 1480 g/mol. The van der Waals surface area contributed by atoms with Gasteiger partial charge < -0.3 is 66.5 Å². The number of nitrogens with one attached hydrogen (secondary N) is 5. The van der Waals surface area contributed by atoms with E-state index in [1.54, 1.807) is 84.9 Å². The molecule has 3 aromatic heterocycles. The van der Waals surface area contributed by atoms with Crippen molar-refractivity contribution >= 4 is 74.1 Å². The Balaban J connectivity index is 0.000000184. The van der Waals surface area contributed by atoms with Gasteiger partial charge in [-0.3, -0.25) is 53.4 Å². The van der Waals surface area contributed by atoms with Crippen molar-refractivity contribution in [3.8, 4) is 35.8 Å². The number of aromatic nitrogens is 3. The molecule has 8 N–H and O–H groups in total. The first kappa shape index (κ1) is 80.7. The Morgan fingerprint density at radius 2 is 0.849 bits per heavy atom. The van der Waals surface area contributed by atoms with Crippen LogP contribution in [0, 0.1) is 51.2 Å². The number of rotatable bonds is 16. The molecule has 0 spiro atoms. The second-order valence-corrected chi connectivity index (χ2v) is 25.3. The fraction of sp³-hybridized carbons (Fsp3) is 0.457. The summed E-state index contributed by atoms with van der Waals surface area (Å²) in [6.07, 6.45) is 3.87. The van der Waals surface area contributed by atoms with Gasteiger partial charge in [-0.1, -0.05) is 18.2 Å². The molecule has 106 heavy (non-hydrogen) atoms. The number of alkyl halides is 8. The third kappa shape index (κ3) is 21.6. The minimum atomic E-state index is -3.11. The molecular weight excluding hydrogens is 1400 g/mol. The van der Waals surface area contributed by atoms with E-state index in [4.69, 9.17) is 41.4 Å². The predicted octanol–water partition coefficient (Wildman–Crippen LogP) is 4.11. The number of likely N-dealkylation sites (tertiary alicyclic amines) is 4. The summed E-state index contributed by atoms with van der Waals surface area (Å²) in [6.45, 7) is 1.60. The Morgan fingerprint density at radius 1 is 0.500 bits per heavy atom. The summed E-state index contributed by atoms with van der Waals surface area (Å²) in [5, 5.41) is 58.2. The highest BCUT2D eigenvalue weighted by Gasteiger charge is 2.50. The fourth-order valence-electron chi connectivity index (χ4n) is 12.3. The second kappa shape index (κ2) is 36.6. The highest BCUT2D eigenvalue weighted by molar-refractivity contribution is 6.09. The molecule has 0 saturated carbocycles. The van der Waals surface area contributed by atoms with E-state index in [1.807, 2.05) is 0 Å². The fourth-order valence-corrected chi connectivity index (χ4v) is 12.3. The van der Waals surface area contributed by atoms with Crippen LogP contribution in [-0.4, -0.2) is 246 Å². The summed E-state index contributed by atoms with van der Waals surface area (Å²) in [7, 11) is 1.00. The average Bonchev–Trinajstić information content (AvgIpc) is 1.61. The Kier molecular flexibility index (Phi) is 27.9. The van der Waals surface area contributed by atoms with Crippen LogP contribution >= 0.6 is 0 Å². The maximum Gasteiger partial charge on any atom is 0.268 e. The van der Waals surface area contributed by atoms with Crippen LogP contribution in [0.2, 0.25) is 0 Å². The first-order chi connectivity index (χ1) is 50.6. The van der Waals surface area contributed by atoms with Crippen molar-refractivity contribution in [3.63, 3.8) is 0 Å². The van der Waals surface area contributed by atoms with E-state index in [1.165, 1.54) is 36.8 Å². The molecule has 0 aliphatic carbocycles. The number of aliphatic hydroxyl groups is 1. The molecule has 6 saturated heterocycles. The van der Waals surface area contributed by atoms with E-state index < -0.39 is 161 Å². The standard InChI is InChI=1S/C23H25F2N5O3.C22H24F2N6O3.C17H14F2N4O2.C7H9F2N3O.CH4O/c24-23(25)10-16(11-26)30(14-23)21(31)12-29-22(32)18-5-8-28-20-2-1-17(9-19(18)20)33-13-15-3-6-27-7-4-15;23-22(24)10-15(11-25)30(13-22)20(31)12-28-21(32)17-3-4-27-19-2-1-16(9-18(17)19)33-14-29-7-5-26-6-8-29;18-17(19)7-11(8-20)23(10-17)15(24)9-22-16(25)13-5-6-21-14-4-2-1-3-12(13)14;8-7(9)1-5(2-10)12(4-7)6(13)3-11;1-2/h1-2,5,8-9,15-16,27H,3-4,6-7,10,12-14H2,(H,29,32);1-4,9,15,26H,5-8,10,12-14H2,(H,28,32);1-6,11H,7,9-10H2,(H,22,25);5H,1,3-4,11H2;2H,1H3. The lowest BCUT2D eigenvalue weighted by molar-refractivity contribution is -0.132. The number of aliphatic hydroxyl groups excluding tert-OH is 1. The lowest BCUT2D eigenvalue weighted by atomic mass is 9.99. The molecule has 6 aliphatic heterocycles. The summed E-state index contributed by atoms with van der Waals surface area (Å²) in [5.74, 6) is -14.9. The number of hydrogen-bond donors (Lipinski definition) is 7. The molecule has 9 heterocycles. The molecule has 3 aromatic carbocycles. The van der Waals surface area contributed by atoms with Crippen LogP contribution in [0.15, 0.2) is 97.5 Å². The van der Waals surface area contributed by atoms with Crippen LogP contribution in [-0.2, 0) is 19.2 Å². The van der Waals surface area contributed by atoms with Gasteiger partial charge in [0.05, 0.1) is 116 Å². The third-order valence-electron chi connectivity index (χ3n) is 17.7. The number of amides is 7. The number of nitrogens with zero attached hydrogens (tertiary/aromatic N) is 12. The number of piperidine rings is 1. The van der Waals surface area contributed by atoms with Crippen LogP contribution in [0.25, 0.3) is 32.7 Å². The second-order valence-electron chi connectivity index (χ2n) is 25.3. The maximum absolute atomic E-state index is 13.6. The zero-order valence-electron chi connectivity index (χ0n) is 57.3. The smallest absolute Gasteiger partial charge is 0.268 e. The zero-order valence-corrected chi connectivity index (χ0v) is 57.3. The van der Waals surface area contributed by atoms with Crippen LogP contribution < -0.4 is 41.8 Å². The number of ether oxygens (including phenoxy) is 2. The molecule has 7 amide bonds. The van der Waals surface area contributed by atoms with Gasteiger partial charge in [-0.25, -0.2) is 35.1 Å². The van der Waals surface area contributed by atoms with Crippen molar-refractivity contribution in [2.24, 2.45) is 11.7 Å². The van der Waals surface area contributed by atoms with Gasteiger partial charge in [0.1, 0.15) is 42.4 Å². The number of hydrogen-bond acceptors (Lipinski definition) is 21. The van der Waals surface area contributed by atoms with Crippen molar-refractivity contribution < 1.29 is 83.3 Å². The largest absolute Gasteiger partial charge is 0.493 e. The number of halogens is 8. The van der Waals surface area contributed by atoms with Crippen LogP contribution in [0.5, 0.6) is 11.5 Å². The van der Waals surface area contributed by atoms with Gasteiger partial charge in [-0.05, 0) is 92.5 Å². The summed E-state index contributed by atoms with van der Waals surface area (Å²) in [5.41, 5.74) is 7.72. The molecule has 6 aliphatic rings. The lowest BCUT2D eigenvalue weighted by Gasteiger charge is -2.26. The molecule has 12 rings (SSSR count). The maximum atomic E-state index is 13.6. The predicted molar refractivity (Wildman–Crippen MR) is 363 cm³/mol. The number of para-hydroxylation sites is 1. The number of nitriles is 4. The molecule has 0 radical (unpaired) electrons. The molecule has 6 aromatic rings. The summed E-state index contributed by atoms with van der Waals surface area (Å²) in [6, 6.07) is 24.3. The molecule has 4 atom stereocenters. The summed E-state index contributed by atoms with van der Waals surface area (Å²) in [4.78, 5) is 104. The average molecular weight is 1480 g/mol. The first-order valence-corrected chi connectivity index (χ1v) is 33.4. The number of carbonyl (C=O) groups is 7. The molecule has 4 unspecified atom stereocenters. The Bertz CT molecular complexity index is 4160. The molecule has 28 nitrogen and oxygen atoms in total. The van der Waals surface area contributed by atoms with Crippen LogP contribution in [0.4, 0.5) is 35.1 Å². The molecule has 6 fully saturated rings. The van der Waals surface area contributed by atoms with Crippen molar-refractivity contribution in [2.75, 3.05) is 112 Å². The first-order valence-electron chi connectivity index (χ1n) is 33.4. The number of carbonyl (C=O) groups excluding carboxylic acids is 7. The van der Waals surface area contributed by atoms with Gasteiger partial charge in [0.2, 0.25) is 23.6 Å². The number of fused-ring (bicyclic) bond motifs is 3. The van der Waals surface area contributed by atoms with Gasteiger partial charge in [-0.2, -0.15) is 21.0 Å². The van der Waals surface area contributed by atoms with Crippen molar-refractivity contribution in [3.05, 3.63) is 114 Å². The van der Waals surface area contributed by atoms with Crippen LogP contribution in [0.1, 0.15) is 69.6 Å². The van der Waals surface area contributed by atoms with E-state index in [9.17, 15) is 68.7 Å². The minimum Gasteiger partial charge on any atom is -0.493 e. The number of piperazine rings is 1. The highest BCUT2D eigenvalue weighted by Crippen LogP contribution is 2.36. The van der Waals surface area contributed by atoms with E-state index in [0.717, 1.165) is 78.8 Å². The van der Waals surface area contributed by atoms with Crippen molar-refractivity contribution in [1.29, 1.82) is 21.0 Å². The minimum absolute atomic E-state index is 0.281. The summed E-state index contributed by atoms with van der Waals surface area (Å²) < 4.78 is 118. The number of pyridine rings is 3. The molecule has 562 valence electrons.